The van der Waals surface area contributed by atoms with Crippen LogP contribution in [0.15, 0.2) is 72.8 Å². The highest BCUT2D eigenvalue weighted by Crippen LogP contribution is 2.38. The van der Waals surface area contributed by atoms with Crippen molar-refractivity contribution in [2.24, 2.45) is 0 Å². The first-order valence-corrected chi connectivity index (χ1v) is 13.8. The van der Waals surface area contributed by atoms with E-state index in [1.807, 2.05) is 53.4 Å². The van der Waals surface area contributed by atoms with E-state index in [2.05, 4.69) is 39.8 Å². The number of benzene rings is 3. The van der Waals surface area contributed by atoms with Crippen molar-refractivity contribution in [2.75, 3.05) is 36.8 Å². The molecular weight excluding hydrogens is 472 g/mol. The van der Waals surface area contributed by atoms with Crippen LogP contribution in [0.2, 0.25) is 0 Å². The van der Waals surface area contributed by atoms with Crippen LogP contribution in [0.1, 0.15) is 59.2 Å². The lowest BCUT2D eigenvalue weighted by molar-refractivity contribution is -0.110. The molecule has 2 fully saturated rings. The number of hydrogen-bond acceptors (Lipinski definition) is 4. The smallest absolute Gasteiger partial charge is 0.258 e. The lowest BCUT2D eigenvalue weighted by Gasteiger charge is -2.26. The predicted octanol–water partition coefficient (Wildman–Crippen LogP) is 5.84. The quantitative estimate of drug-likeness (QED) is 0.412. The minimum absolute atomic E-state index is 0.0306. The van der Waals surface area contributed by atoms with E-state index in [-0.39, 0.29) is 11.8 Å². The average Bonchev–Trinajstić information content (AvgIpc) is 3.61. The van der Waals surface area contributed by atoms with Crippen LogP contribution in [-0.2, 0) is 11.3 Å². The highest BCUT2D eigenvalue weighted by atomic mass is 16.2. The molecule has 0 aromatic heterocycles. The van der Waals surface area contributed by atoms with Crippen LogP contribution in [0.25, 0.3) is 11.3 Å². The number of carbonyl (C=O) groups excluding carboxylic acids is 2. The number of nitrogens with zero attached hydrogens (tertiary/aromatic N) is 2. The lowest BCUT2D eigenvalue weighted by atomic mass is 9.98. The van der Waals surface area contributed by atoms with Gasteiger partial charge in [0.2, 0.25) is 0 Å². The molecular formula is C32H34N4O2. The minimum atomic E-state index is -0.168. The Balaban J connectivity index is 1.31. The maximum absolute atomic E-state index is 13.3. The number of rotatable bonds is 6. The molecule has 3 aromatic rings. The SMILES string of the molecule is O=C1Nc2cc(C(=O)N3CCCC3)ccc2/C1=C(/Nc1ccc(CN2CCCCC2)cc1)c1ccccc1. The van der Waals surface area contributed by atoms with Gasteiger partial charge in [-0.3, -0.25) is 14.5 Å². The summed E-state index contributed by atoms with van der Waals surface area (Å²) in [5.74, 6) is -0.137. The Morgan fingerprint density at radius 1 is 0.789 bits per heavy atom. The van der Waals surface area contributed by atoms with Crippen molar-refractivity contribution in [3.63, 3.8) is 0 Å². The molecule has 2 saturated heterocycles. The van der Waals surface area contributed by atoms with E-state index in [0.717, 1.165) is 55.0 Å². The molecule has 0 atom stereocenters. The average molecular weight is 507 g/mol. The van der Waals surface area contributed by atoms with E-state index >= 15 is 0 Å². The van der Waals surface area contributed by atoms with Crippen LogP contribution in [-0.4, -0.2) is 47.8 Å². The second-order valence-electron chi connectivity index (χ2n) is 10.5. The van der Waals surface area contributed by atoms with Gasteiger partial charge in [-0.2, -0.15) is 0 Å². The van der Waals surface area contributed by atoms with Crippen LogP contribution >= 0.6 is 0 Å². The number of likely N-dealkylation sites (tertiary alicyclic amines) is 2. The summed E-state index contributed by atoms with van der Waals surface area (Å²) in [5, 5.41) is 6.56. The first-order valence-electron chi connectivity index (χ1n) is 13.8. The van der Waals surface area contributed by atoms with E-state index in [1.54, 1.807) is 0 Å². The summed E-state index contributed by atoms with van der Waals surface area (Å²) in [7, 11) is 0. The zero-order valence-corrected chi connectivity index (χ0v) is 21.7. The van der Waals surface area contributed by atoms with Crippen molar-refractivity contribution < 1.29 is 9.59 Å². The van der Waals surface area contributed by atoms with Gasteiger partial charge < -0.3 is 15.5 Å². The van der Waals surface area contributed by atoms with Gasteiger partial charge in [-0.25, -0.2) is 0 Å². The lowest BCUT2D eigenvalue weighted by Crippen LogP contribution is -2.29. The number of amides is 2. The maximum atomic E-state index is 13.3. The minimum Gasteiger partial charge on any atom is -0.354 e. The third-order valence-electron chi connectivity index (χ3n) is 7.79. The van der Waals surface area contributed by atoms with E-state index < -0.39 is 0 Å². The molecule has 38 heavy (non-hydrogen) atoms. The van der Waals surface area contributed by atoms with Crippen molar-refractivity contribution in [1.29, 1.82) is 0 Å². The Bertz CT molecular complexity index is 1350. The Labute approximate surface area is 224 Å². The zero-order chi connectivity index (χ0) is 25.9. The number of hydrogen-bond donors (Lipinski definition) is 2. The van der Waals surface area contributed by atoms with Gasteiger partial charge in [0.25, 0.3) is 11.8 Å². The fourth-order valence-electron chi connectivity index (χ4n) is 5.75. The summed E-state index contributed by atoms with van der Waals surface area (Å²) in [6, 6.07) is 24.0. The fraction of sp³-hybridized carbons (Fsp3) is 0.312. The van der Waals surface area contributed by atoms with Crippen LogP contribution in [0, 0.1) is 0 Å². The summed E-state index contributed by atoms with van der Waals surface area (Å²) in [5.41, 5.74) is 6.60. The van der Waals surface area contributed by atoms with Crippen LogP contribution in [0.4, 0.5) is 11.4 Å². The molecule has 3 aliphatic heterocycles. The first kappa shape index (κ1) is 24.4. The van der Waals surface area contributed by atoms with Crippen LogP contribution in [0.5, 0.6) is 0 Å². The standard InChI is InChI=1S/C32H34N4O2/c37-31-29(27-16-13-25(21-28(27)34-31)32(38)36-19-7-8-20-36)30(24-9-3-1-4-10-24)33-26-14-11-23(12-15-26)22-35-17-5-2-6-18-35/h1,3-4,9-16,21,33H,2,5-8,17-20,22H2,(H,34,37)/b30-29-. The van der Waals surface area contributed by atoms with Crippen LogP contribution < -0.4 is 10.6 Å². The van der Waals surface area contributed by atoms with Gasteiger partial charge in [-0.15, -0.1) is 0 Å². The second kappa shape index (κ2) is 10.8. The van der Waals surface area contributed by atoms with E-state index in [4.69, 9.17) is 0 Å². The monoisotopic (exact) mass is 506 g/mol. The Kier molecular flexibility index (Phi) is 6.97. The Morgan fingerprint density at radius 2 is 1.50 bits per heavy atom. The van der Waals surface area contributed by atoms with Gasteiger partial charge in [-0.05, 0) is 74.2 Å². The number of nitrogens with one attached hydrogen (secondary N) is 2. The van der Waals surface area contributed by atoms with Gasteiger partial charge in [0.05, 0.1) is 11.3 Å². The maximum Gasteiger partial charge on any atom is 0.258 e. The molecule has 194 valence electrons. The molecule has 0 saturated carbocycles. The molecule has 3 heterocycles. The first-order chi connectivity index (χ1) is 18.7. The molecule has 3 aromatic carbocycles. The second-order valence-corrected chi connectivity index (χ2v) is 10.5. The molecule has 6 heteroatoms. The molecule has 0 aliphatic carbocycles. The Hall–Kier alpha value is -3.90. The molecule has 2 amide bonds. The predicted molar refractivity (Wildman–Crippen MR) is 153 cm³/mol. The van der Waals surface area contributed by atoms with Crippen molar-refractivity contribution in [3.8, 4) is 0 Å². The summed E-state index contributed by atoms with van der Waals surface area (Å²) in [6.45, 7) is 4.91. The molecule has 0 unspecified atom stereocenters. The van der Waals surface area contributed by atoms with Gasteiger partial charge in [0, 0.05) is 42.1 Å². The Morgan fingerprint density at radius 3 is 2.24 bits per heavy atom. The van der Waals surface area contributed by atoms with E-state index in [1.165, 1.54) is 37.9 Å². The molecule has 0 bridgehead atoms. The van der Waals surface area contributed by atoms with Crippen LogP contribution in [0.3, 0.4) is 0 Å². The van der Waals surface area contributed by atoms with Crippen molar-refractivity contribution >= 4 is 34.5 Å². The number of carbonyl (C=O) groups is 2. The summed E-state index contributed by atoms with van der Waals surface area (Å²) < 4.78 is 0. The fourth-order valence-corrected chi connectivity index (χ4v) is 5.75. The molecule has 0 spiro atoms. The largest absolute Gasteiger partial charge is 0.354 e. The zero-order valence-electron chi connectivity index (χ0n) is 21.7. The van der Waals surface area contributed by atoms with Crippen molar-refractivity contribution in [2.45, 2.75) is 38.6 Å². The third kappa shape index (κ3) is 5.09. The van der Waals surface area contributed by atoms with E-state index in [9.17, 15) is 9.59 Å². The van der Waals surface area contributed by atoms with Gasteiger partial charge in [0.15, 0.2) is 0 Å². The van der Waals surface area contributed by atoms with Gasteiger partial charge >= 0.3 is 0 Å². The number of fused-ring (bicyclic) bond motifs is 1. The molecule has 6 rings (SSSR count). The summed E-state index contributed by atoms with van der Waals surface area (Å²) in [4.78, 5) is 30.7. The highest BCUT2D eigenvalue weighted by Gasteiger charge is 2.30. The summed E-state index contributed by atoms with van der Waals surface area (Å²) in [6.07, 6.45) is 6.00. The van der Waals surface area contributed by atoms with Gasteiger partial charge in [0.1, 0.15) is 0 Å². The van der Waals surface area contributed by atoms with Crippen molar-refractivity contribution in [1.82, 2.24) is 9.80 Å². The normalized spacial score (nSPS) is 18.7. The van der Waals surface area contributed by atoms with Crippen molar-refractivity contribution in [3.05, 3.63) is 95.1 Å². The molecule has 6 nitrogen and oxygen atoms in total. The number of anilines is 2. The topological polar surface area (TPSA) is 64.7 Å². The molecule has 2 N–H and O–H groups in total. The van der Waals surface area contributed by atoms with Gasteiger partial charge in [-0.1, -0.05) is 55.0 Å². The molecule has 0 radical (unpaired) electrons. The molecule has 3 aliphatic rings. The number of piperidine rings is 1. The van der Waals surface area contributed by atoms with E-state index in [0.29, 0.717) is 16.8 Å². The highest BCUT2D eigenvalue weighted by molar-refractivity contribution is 6.37. The summed E-state index contributed by atoms with van der Waals surface area (Å²) >= 11 is 0. The third-order valence-corrected chi connectivity index (χ3v) is 7.79.